The molecule has 0 aromatic heterocycles. The maximum atomic E-state index is 14.3. The Balaban J connectivity index is 1.70. The number of halogens is 1. The highest BCUT2D eigenvalue weighted by Crippen LogP contribution is 2.24. The minimum absolute atomic E-state index is 0.0743. The van der Waals surface area contributed by atoms with Crippen LogP contribution in [0.25, 0.3) is 11.1 Å². The second-order valence-corrected chi connectivity index (χ2v) is 5.93. The first-order valence-electron chi connectivity index (χ1n) is 8.13. The number of rotatable bonds is 5. The van der Waals surface area contributed by atoms with Crippen molar-refractivity contribution in [3.8, 4) is 16.9 Å². The van der Waals surface area contributed by atoms with Gasteiger partial charge in [0.25, 0.3) is 5.91 Å². The van der Waals surface area contributed by atoms with Gasteiger partial charge in [-0.3, -0.25) is 4.79 Å². The van der Waals surface area contributed by atoms with Crippen molar-refractivity contribution in [2.75, 3.05) is 20.2 Å². The molecular formula is C19H21FN2O2. The Labute approximate surface area is 141 Å². The topological polar surface area (TPSA) is 50.4 Å². The van der Waals surface area contributed by atoms with Gasteiger partial charge in [0.05, 0.1) is 12.7 Å². The number of amides is 1. The first-order valence-corrected chi connectivity index (χ1v) is 8.13. The van der Waals surface area contributed by atoms with E-state index in [0.717, 1.165) is 36.3 Å². The van der Waals surface area contributed by atoms with Gasteiger partial charge in [-0.1, -0.05) is 18.2 Å². The van der Waals surface area contributed by atoms with Gasteiger partial charge >= 0.3 is 0 Å². The van der Waals surface area contributed by atoms with Crippen LogP contribution in [0.4, 0.5) is 4.39 Å². The second kappa shape index (κ2) is 7.45. The quantitative estimate of drug-likeness (QED) is 0.887. The summed E-state index contributed by atoms with van der Waals surface area (Å²) in [6.07, 6.45) is 2.16. The molecule has 126 valence electrons. The molecule has 1 aliphatic heterocycles. The van der Waals surface area contributed by atoms with Crippen LogP contribution in [0.3, 0.4) is 0 Å². The summed E-state index contributed by atoms with van der Waals surface area (Å²) in [5, 5.41) is 6.10. The third-order valence-electron chi connectivity index (χ3n) is 4.31. The summed E-state index contributed by atoms with van der Waals surface area (Å²) in [6.45, 7) is 1.50. The lowest BCUT2D eigenvalue weighted by atomic mass is 10.0. The van der Waals surface area contributed by atoms with Gasteiger partial charge in [-0.2, -0.15) is 0 Å². The minimum Gasteiger partial charge on any atom is -0.497 e. The summed E-state index contributed by atoms with van der Waals surface area (Å²) < 4.78 is 19.4. The van der Waals surface area contributed by atoms with Crippen molar-refractivity contribution in [2.24, 2.45) is 0 Å². The van der Waals surface area contributed by atoms with Crippen LogP contribution in [0.2, 0.25) is 0 Å². The Bertz CT molecular complexity index is 710. The van der Waals surface area contributed by atoms with Crippen molar-refractivity contribution < 1.29 is 13.9 Å². The van der Waals surface area contributed by atoms with Crippen molar-refractivity contribution >= 4 is 5.91 Å². The molecule has 1 heterocycles. The molecule has 1 aliphatic rings. The van der Waals surface area contributed by atoms with Crippen LogP contribution in [-0.4, -0.2) is 32.1 Å². The molecule has 0 radical (unpaired) electrons. The predicted octanol–water partition coefficient (Wildman–Crippen LogP) is 2.98. The molecule has 24 heavy (non-hydrogen) atoms. The zero-order chi connectivity index (χ0) is 16.9. The smallest absolute Gasteiger partial charge is 0.254 e. The predicted molar refractivity (Wildman–Crippen MR) is 91.7 cm³/mol. The van der Waals surface area contributed by atoms with Gasteiger partial charge in [0.15, 0.2) is 0 Å². The van der Waals surface area contributed by atoms with Gasteiger partial charge in [0.1, 0.15) is 11.6 Å². The van der Waals surface area contributed by atoms with Crippen molar-refractivity contribution in [1.29, 1.82) is 0 Å². The van der Waals surface area contributed by atoms with Crippen molar-refractivity contribution in [3.63, 3.8) is 0 Å². The van der Waals surface area contributed by atoms with Crippen LogP contribution in [0.5, 0.6) is 5.75 Å². The largest absolute Gasteiger partial charge is 0.497 e. The van der Waals surface area contributed by atoms with Gasteiger partial charge < -0.3 is 15.4 Å². The van der Waals surface area contributed by atoms with E-state index in [1.54, 1.807) is 13.2 Å². The van der Waals surface area contributed by atoms with Crippen LogP contribution < -0.4 is 15.4 Å². The van der Waals surface area contributed by atoms with Crippen molar-refractivity contribution in [1.82, 2.24) is 10.6 Å². The number of methoxy groups -OCH3 is 1. The maximum absolute atomic E-state index is 14.3. The molecule has 1 unspecified atom stereocenters. The molecule has 5 heteroatoms. The third-order valence-corrected chi connectivity index (χ3v) is 4.31. The molecular weight excluding hydrogens is 307 g/mol. The van der Waals surface area contributed by atoms with Crippen LogP contribution in [0, 0.1) is 5.82 Å². The van der Waals surface area contributed by atoms with Crippen molar-refractivity contribution in [3.05, 3.63) is 53.8 Å². The molecule has 1 amide bonds. The number of carbonyl (C=O) groups is 1. The summed E-state index contributed by atoms with van der Waals surface area (Å²) >= 11 is 0. The first kappa shape index (κ1) is 16.5. The average Bonchev–Trinajstić information content (AvgIpc) is 3.13. The Morgan fingerprint density at radius 2 is 2.00 bits per heavy atom. The summed E-state index contributed by atoms with van der Waals surface area (Å²) in [4.78, 5) is 12.2. The molecule has 1 saturated heterocycles. The van der Waals surface area contributed by atoms with Gasteiger partial charge in [0.2, 0.25) is 0 Å². The first-order chi connectivity index (χ1) is 11.7. The normalized spacial score (nSPS) is 16.8. The molecule has 4 nitrogen and oxygen atoms in total. The van der Waals surface area contributed by atoms with Crippen LogP contribution in [0.1, 0.15) is 23.2 Å². The number of nitrogens with one attached hydrogen (secondary N) is 2. The second-order valence-electron chi connectivity index (χ2n) is 5.93. The monoisotopic (exact) mass is 328 g/mol. The molecule has 2 aromatic rings. The summed E-state index contributed by atoms with van der Waals surface area (Å²) in [6, 6.07) is 12.3. The van der Waals surface area contributed by atoms with Crippen LogP contribution in [-0.2, 0) is 0 Å². The van der Waals surface area contributed by atoms with E-state index in [4.69, 9.17) is 4.74 Å². The molecule has 2 aromatic carbocycles. The lowest BCUT2D eigenvalue weighted by molar-refractivity contribution is 0.0946. The minimum atomic E-state index is -0.514. The maximum Gasteiger partial charge on any atom is 0.254 e. The van der Waals surface area contributed by atoms with Crippen LogP contribution >= 0.6 is 0 Å². The number of carbonyl (C=O) groups excluding carboxylic acids is 1. The molecule has 0 spiro atoms. The zero-order valence-electron chi connectivity index (χ0n) is 13.6. The molecule has 0 bridgehead atoms. The van der Waals surface area contributed by atoms with Gasteiger partial charge in [-0.25, -0.2) is 4.39 Å². The van der Waals surface area contributed by atoms with Gasteiger partial charge in [-0.05, 0) is 54.8 Å². The van der Waals surface area contributed by atoms with E-state index in [2.05, 4.69) is 10.6 Å². The Kier molecular flexibility index (Phi) is 5.11. The van der Waals surface area contributed by atoms with E-state index >= 15 is 0 Å². The highest BCUT2D eigenvalue weighted by molar-refractivity contribution is 5.95. The lowest BCUT2D eigenvalue weighted by Gasteiger charge is -2.12. The number of hydrogen-bond donors (Lipinski definition) is 2. The van der Waals surface area contributed by atoms with E-state index in [9.17, 15) is 9.18 Å². The Hall–Kier alpha value is -2.40. The van der Waals surface area contributed by atoms with E-state index in [1.807, 2.05) is 24.3 Å². The fourth-order valence-corrected chi connectivity index (χ4v) is 2.90. The number of hydrogen-bond acceptors (Lipinski definition) is 3. The lowest BCUT2D eigenvalue weighted by Crippen LogP contribution is -2.37. The van der Waals surface area contributed by atoms with E-state index in [1.165, 1.54) is 12.1 Å². The summed E-state index contributed by atoms with van der Waals surface area (Å²) in [5.41, 5.74) is 1.67. The molecule has 0 saturated carbocycles. The highest BCUT2D eigenvalue weighted by Gasteiger charge is 2.17. The summed E-state index contributed by atoms with van der Waals surface area (Å²) in [7, 11) is 1.60. The fraction of sp³-hybridized carbons (Fsp3) is 0.316. The van der Waals surface area contributed by atoms with Gasteiger partial charge in [-0.15, -0.1) is 0 Å². The number of ether oxygens (including phenoxy) is 1. The SMILES string of the molecule is COc1ccc(-c2ccc(C(=O)NCC3CCCN3)c(F)c2)cc1. The van der Waals surface area contributed by atoms with Gasteiger partial charge in [0, 0.05) is 12.6 Å². The highest BCUT2D eigenvalue weighted by atomic mass is 19.1. The molecule has 1 fully saturated rings. The van der Waals surface area contributed by atoms with Crippen molar-refractivity contribution in [2.45, 2.75) is 18.9 Å². The average molecular weight is 328 g/mol. The van der Waals surface area contributed by atoms with E-state index in [0.29, 0.717) is 6.54 Å². The fourth-order valence-electron chi connectivity index (χ4n) is 2.90. The zero-order valence-corrected chi connectivity index (χ0v) is 13.6. The van der Waals surface area contributed by atoms with Crippen LogP contribution in [0.15, 0.2) is 42.5 Å². The summed E-state index contributed by atoms with van der Waals surface area (Å²) in [5.74, 6) is -0.140. The molecule has 0 aliphatic carbocycles. The van der Waals surface area contributed by atoms with E-state index < -0.39 is 5.82 Å². The Morgan fingerprint density at radius 3 is 2.62 bits per heavy atom. The molecule has 3 rings (SSSR count). The molecule has 1 atom stereocenters. The third kappa shape index (κ3) is 3.74. The Morgan fingerprint density at radius 1 is 1.25 bits per heavy atom. The molecule has 2 N–H and O–H groups in total. The number of benzene rings is 2. The van der Waals surface area contributed by atoms with E-state index in [-0.39, 0.29) is 17.5 Å². The standard InChI is InChI=1S/C19H21FN2O2/c1-24-16-7-4-13(5-8-16)14-6-9-17(18(20)11-14)19(23)22-12-15-3-2-10-21-15/h4-9,11,15,21H,2-3,10,12H2,1H3,(H,22,23).